The van der Waals surface area contributed by atoms with Crippen molar-refractivity contribution < 1.29 is 19.1 Å². The average Bonchev–Trinajstić information content (AvgIpc) is 2.81. The van der Waals surface area contributed by atoms with Crippen molar-refractivity contribution in [3.8, 4) is 0 Å². The van der Waals surface area contributed by atoms with Crippen LogP contribution in [-0.4, -0.2) is 47.7 Å². The molecule has 3 rings (SSSR count). The van der Waals surface area contributed by atoms with E-state index in [0.29, 0.717) is 19.6 Å². The van der Waals surface area contributed by atoms with Crippen LogP contribution < -0.4 is 0 Å². The lowest BCUT2D eigenvalue weighted by atomic mass is 9.93. The molecule has 6 heteroatoms. The van der Waals surface area contributed by atoms with Gasteiger partial charge in [0.05, 0.1) is 25.3 Å². The molecule has 2 aliphatic rings. The molecule has 1 fully saturated rings. The predicted octanol–water partition coefficient (Wildman–Crippen LogP) is 3.83. The van der Waals surface area contributed by atoms with Crippen molar-refractivity contribution in [3.05, 3.63) is 33.8 Å². The van der Waals surface area contributed by atoms with Gasteiger partial charge < -0.3 is 9.47 Å². The number of ketones is 1. The lowest BCUT2D eigenvalue weighted by molar-refractivity contribution is -0.0662. The van der Waals surface area contributed by atoms with Crippen LogP contribution in [0.3, 0.4) is 0 Å². The lowest BCUT2D eigenvalue weighted by Crippen LogP contribution is -2.58. The highest BCUT2D eigenvalue weighted by Crippen LogP contribution is 2.35. The molecule has 1 amide bonds. The number of carbonyl (C=O) groups excluding carboxylic acids is 2. The SMILES string of the molecule is CC1COCC(C2Cc3cc(Br)ccc3C2=O)N1C(=O)OC(C)(C)C. The fourth-order valence-corrected chi connectivity index (χ4v) is 4.01. The van der Waals surface area contributed by atoms with Crippen LogP contribution in [0.25, 0.3) is 0 Å². The van der Waals surface area contributed by atoms with Gasteiger partial charge in [0.1, 0.15) is 5.60 Å². The Morgan fingerprint density at radius 3 is 2.72 bits per heavy atom. The van der Waals surface area contributed by atoms with Gasteiger partial charge in [0.25, 0.3) is 0 Å². The number of ether oxygens (including phenoxy) is 2. The Morgan fingerprint density at radius 1 is 1.32 bits per heavy atom. The molecule has 1 aromatic rings. The van der Waals surface area contributed by atoms with Gasteiger partial charge in [-0.1, -0.05) is 22.0 Å². The molecule has 0 spiro atoms. The third kappa shape index (κ3) is 3.75. The van der Waals surface area contributed by atoms with E-state index in [0.717, 1.165) is 15.6 Å². The summed E-state index contributed by atoms with van der Waals surface area (Å²) in [5.41, 5.74) is 1.19. The van der Waals surface area contributed by atoms with Crippen LogP contribution in [0.1, 0.15) is 43.6 Å². The maximum Gasteiger partial charge on any atom is 0.410 e. The van der Waals surface area contributed by atoms with E-state index in [1.807, 2.05) is 45.9 Å². The smallest absolute Gasteiger partial charge is 0.410 e. The monoisotopic (exact) mass is 409 g/mol. The number of nitrogens with zero attached hydrogens (tertiary/aromatic N) is 1. The van der Waals surface area contributed by atoms with Gasteiger partial charge in [-0.05, 0) is 51.8 Å². The van der Waals surface area contributed by atoms with Crippen LogP contribution in [0.2, 0.25) is 0 Å². The first-order valence-corrected chi connectivity index (χ1v) is 9.38. The van der Waals surface area contributed by atoms with Crippen LogP contribution in [0.15, 0.2) is 22.7 Å². The number of hydrogen-bond donors (Lipinski definition) is 0. The Kier molecular flexibility index (Phi) is 4.95. The summed E-state index contributed by atoms with van der Waals surface area (Å²) in [6, 6.07) is 5.28. The van der Waals surface area contributed by atoms with Crippen LogP contribution in [0.4, 0.5) is 4.79 Å². The number of fused-ring (bicyclic) bond motifs is 1. The van der Waals surface area contributed by atoms with Gasteiger partial charge in [0, 0.05) is 16.0 Å². The van der Waals surface area contributed by atoms with E-state index in [1.165, 1.54) is 0 Å². The average molecular weight is 410 g/mol. The highest BCUT2D eigenvalue weighted by atomic mass is 79.9. The summed E-state index contributed by atoms with van der Waals surface area (Å²) in [4.78, 5) is 27.4. The third-order valence-corrected chi connectivity index (χ3v) is 5.15. The highest BCUT2D eigenvalue weighted by Gasteiger charge is 2.45. The number of Topliss-reactive ketones (excluding diaryl/α,β-unsaturated/α-hetero) is 1. The Labute approximate surface area is 156 Å². The van der Waals surface area contributed by atoms with Crippen molar-refractivity contribution in [3.63, 3.8) is 0 Å². The van der Waals surface area contributed by atoms with E-state index in [-0.39, 0.29) is 29.9 Å². The molecular formula is C19H24BrNO4. The van der Waals surface area contributed by atoms with Gasteiger partial charge in [-0.2, -0.15) is 0 Å². The van der Waals surface area contributed by atoms with Crippen LogP contribution in [0.5, 0.6) is 0 Å². The molecule has 1 aromatic carbocycles. The third-order valence-electron chi connectivity index (χ3n) is 4.66. The van der Waals surface area contributed by atoms with Gasteiger partial charge in [0.15, 0.2) is 5.78 Å². The van der Waals surface area contributed by atoms with E-state index in [2.05, 4.69) is 15.9 Å². The summed E-state index contributed by atoms with van der Waals surface area (Å²) in [7, 11) is 0. The zero-order valence-corrected chi connectivity index (χ0v) is 16.6. The molecule has 1 aliphatic heterocycles. The second kappa shape index (κ2) is 6.72. The Bertz CT molecular complexity index is 697. The second-order valence-corrected chi connectivity index (χ2v) is 8.73. The zero-order chi connectivity index (χ0) is 18.4. The van der Waals surface area contributed by atoms with Crippen LogP contribution >= 0.6 is 15.9 Å². The standard InChI is InChI=1S/C19H24BrNO4/c1-11-9-24-10-16(21(11)18(23)25-19(2,3)4)15-8-12-7-13(20)5-6-14(12)17(15)22/h5-7,11,15-16H,8-10H2,1-4H3. The summed E-state index contributed by atoms with van der Waals surface area (Å²) < 4.78 is 12.2. The molecular weight excluding hydrogens is 386 g/mol. The summed E-state index contributed by atoms with van der Waals surface area (Å²) in [5.74, 6) is -0.210. The summed E-state index contributed by atoms with van der Waals surface area (Å²) in [5, 5.41) is 0. The van der Waals surface area contributed by atoms with Gasteiger partial charge >= 0.3 is 6.09 Å². The number of rotatable bonds is 1. The van der Waals surface area contributed by atoms with E-state index < -0.39 is 5.60 Å². The summed E-state index contributed by atoms with van der Waals surface area (Å²) in [6.45, 7) is 8.28. The van der Waals surface area contributed by atoms with E-state index in [9.17, 15) is 9.59 Å². The minimum Gasteiger partial charge on any atom is -0.444 e. The molecule has 0 radical (unpaired) electrons. The molecule has 5 nitrogen and oxygen atoms in total. The number of benzene rings is 1. The van der Waals surface area contributed by atoms with E-state index in [1.54, 1.807) is 4.90 Å². The molecule has 0 saturated carbocycles. The van der Waals surface area contributed by atoms with Crippen LogP contribution in [0, 0.1) is 5.92 Å². The number of amides is 1. The number of carbonyl (C=O) groups is 2. The first kappa shape index (κ1) is 18.4. The van der Waals surface area contributed by atoms with Crippen molar-refractivity contribution in [1.29, 1.82) is 0 Å². The normalized spacial score (nSPS) is 26.5. The fraction of sp³-hybridized carbons (Fsp3) is 0.579. The molecule has 1 heterocycles. The molecule has 25 heavy (non-hydrogen) atoms. The van der Waals surface area contributed by atoms with Crippen molar-refractivity contribution in [2.75, 3.05) is 13.2 Å². The number of morpholine rings is 1. The first-order chi connectivity index (χ1) is 11.7. The topological polar surface area (TPSA) is 55.8 Å². The highest BCUT2D eigenvalue weighted by molar-refractivity contribution is 9.10. The largest absolute Gasteiger partial charge is 0.444 e. The van der Waals surface area contributed by atoms with E-state index >= 15 is 0 Å². The minimum absolute atomic E-state index is 0.0822. The van der Waals surface area contributed by atoms with Gasteiger partial charge in [0.2, 0.25) is 0 Å². The molecule has 3 atom stereocenters. The maximum absolute atomic E-state index is 12.9. The Hall–Kier alpha value is -1.40. The molecule has 1 saturated heterocycles. The van der Waals surface area contributed by atoms with Crippen molar-refractivity contribution in [1.82, 2.24) is 4.90 Å². The van der Waals surface area contributed by atoms with E-state index in [4.69, 9.17) is 9.47 Å². The predicted molar refractivity (Wildman–Crippen MR) is 97.8 cm³/mol. The summed E-state index contributed by atoms with van der Waals surface area (Å²) in [6.07, 6.45) is 0.242. The van der Waals surface area contributed by atoms with Crippen molar-refractivity contribution in [2.45, 2.75) is 51.8 Å². The maximum atomic E-state index is 12.9. The first-order valence-electron chi connectivity index (χ1n) is 8.59. The molecule has 1 aliphatic carbocycles. The molecule has 3 unspecified atom stereocenters. The Morgan fingerprint density at radius 2 is 2.04 bits per heavy atom. The zero-order valence-electron chi connectivity index (χ0n) is 15.0. The molecule has 0 bridgehead atoms. The fourth-order valence-electron chi connectivity index (χ4n) is 3.60. The minimum atomic E-state index is -0.576. The van der Waals surface area contributed by atoms with Crippen molar-refractivity contribution >= 4 is 27.8 Å². The summed E-state index contributed by atoms with van der Waals surface area (Å²) >= 11 is 3.46. The molecule has 0 N–H and O–H groups in total. The van der Waals surface area contributed by atoms with Crippen molar-refractivity contribution in [2.24, 2.45) is 5.92 Å². The quantitative estimate of drug-likeness (QED) is 0.706. The second-order valence-electron chi connectivity index (χ2n) is 7.82. The molecule has 136 valence electrons. The molecule has 0 aromatic heterocycles. The van der Waals surface area contributed by atoms with Gasteiger partial charge in [-0.15, -0.1) is 0 Å². The van der Waals surface area contributed by atoms with Crippen LogP contribution in [-0.2, 0) is 15.9 Å². The van der Waals surface area contributed by atoms with Gasteiger partial charge in [-0.25, -0.2) is 4.79 Å². The Balaban J connectivity index is 1.87. The number of halogens is 1. The number of hydrogen-bond acceptors (Lipinski definition) is 4. The van der Waals surface area contributed by atoms with Gasteiger partial charge in [-0.3, -0.25) is 9.69 Å². The lowest BCUT2D eigenvalue weighted by Gasteiger charge is -2.42.